The van der Waals surface area contributed by atoms with Crippen LogP contribution in [0.5, 0.6) is 0 Å². The number of methoxy groups -OCH3 is 2. The first-order chi connectivity index (χ1) is 11.3. The van der Waals surface area contributed by atoms with Gasteiger partial charge in [0, 0.05) is 0 Å². The number of benzene rings is 1. The minimum absolute atomic E-state index is 0.00918. The van der Waals surface area contributed by atoms with Crippen molar-refractivity contribution in [3.63, 3.8) is 0 Å². The topological polar surface area (TPSA) is 52.6 Å². The van der Waals surface area contributed by atoms with Crippen LogP contribution in [0, 0.1) is 0 Å². The third kappa shape index (κ3) is 3.96. The summed E-state index contributed by atoms with van der Waals surface area (Å²) >= 11 is 1.74. The largest absolute Gasteiger partial charge is 0.465 e. The maximum absolute atomic E-state index is 13.0. The molecule has 1 aliphatic rings. The minimum atomic E-state index is -4.51. The molecule has 1 heterocycles. The van der Waals surface area contributed by atoms with Crippen LogP contribution in [-0.4, -0.2) is 26.2 Å². The molecule has 9 heteroatoms. The SMILES string of the molecule is COC(=O)C1=C(C(=O)OC)SC(=Cc2ccccc2C(F)(F)F)S1. The lowest BCUT2D eigenvalue weighted by molar-refractivity contribution is -0.138. The number of rotatable bonds is 3. The van der Waals surface area contributed by atoms with Crippen molar-refractivity contribution in [2.24, 2.45) is 0 Å². The molecule has 24 heavy (non-hydrogen) atoms. The van der Waals surface area contributed by atoms with Crippen molar-refractivity contribution in [2.75, 3.05) is 14.2 Å². The van der Waals surface area contributed by atoms with Crippen molar-refractivity contribution in [3.05, 3.63) is 49.4 Å². The number of carbonyl (C=O) groups is 2. The molecular formula is C15H11F3O4S2. The molecule has 0 radical (unpaired) electrons. The summed E-state index contributed by atoms with van der Waals surface area (Å²) in [5, 5.41) is 0. The van der Waals surface area contributed by atoms with Gasteiger partial charge in [0.1, 0.15) is 9.81 Å². The van der Waals surface area contributed by atoms with Gasteiger partial charge < -0.3 is 9.47 Å². The van der Waals surface area contributed by atoms with Crippen LogP contribution in [0.4, 0.5) is 13.2 Å². The lowest BCUT2D eigenvalue weighted by atomic mass is 10.1. The van der Waals surface area contributed by atoms with E-state index in [0.717, 1.165) is 43.8 Å². The number of carbonyl (C=O) groups excluding carboxylic acids is 2. The molecule has 0 saturated heterocycles. The van der Waals surface area contributed by atoms with Gasteiger partial charge in [0.05, 0.1) is 24.0 Å². The Kier molecular flexibility index (Phi) is 5.66. The van der Waals surface area contributed by atoms with Gasteiger partial charge >= 0.3 is 18.1 Å². The standard InChI is InChI=1S/C15H11F3O4S2/c1-21-13(19)11-12(14(20)22-2)24-10(23-11)7-8-5-3-4-6-9(8)15(16,17)18/h3-7H,1-2H3. The van der Waals surface area contributed by atoms with E-state index < -0.39 is 23.7 Å². The predicted molar refractivity (Wildman–Crippen MR) is 85.7 cm³/mol. The molecule has 4 nitrogen and oxygen atoms in total. The second-order valence-electron chi connectivity index (χ2n) is 4.39. The van der Waals surface area contributed by atoms with Crippen molar-refractivity contribution in [3.8, 4) is 0 Å². The average molecular weight is 376 g/mol. The Morgan fingerprint density at radius 1 is 1.00 bits per heavy atom. The Bertz CT molecular complexity index is 708. The molecule has 0 aromatic heterocycles. The van der Waals surface area contributed by atoms with Crippen molar-refractivity contribution in [1.29, 1.82) is 0 Å². The van der Waals surface area contributed by atoms with Gasteiger partial charge in [-0.25, -0.2) is 9.59 Å². The molecule has 0 aliphatic carbocycles. The summed E-state index contributed by atoms with van der Waals surface area (Å²) in [7, 11) is 2.30. The molecule has 0 bridgehead atoms. The number of hydrogen-bond acceptors (Lipinski definition) is 6. The van der Waals surface area contributed by atoms with E-state index in [0.29, 0.717) is 4.24 Å². The number of alkyl halides is 3. The summed E-state index contributed by atoms with van der Waals surface area (Å²) in [5.74, 6) is -1.50. The first-order valence-electron chi connectivity index (χ1n) is 6.42. The highest BCUT2D eigenvalue weighted by atomic mass is 32.2. The van der Waals surface area contributed by atoms with Crippen LogP contribution in [0.1, 0.15) is 11.1 Å². The van der Waals surface area contributed by atoms with E-state index >= 15 is 0 Å². The molecule has 128 valence electrons. The molecule has 1 aliphatic heterocycles. The van der Waals surface area contributed by atoms with E-state index in [9.17, 15) is 22.8 Å². The summed E-state index contributed by atoms with van der Waals surface area (Å²) in [5.41, 5.74) is -0.861. The molecule has 1 aromatic rings. The van der Waals surface area contributed by atoms with Crippen molar-refractivity contribution in [2.45, 2.75) is 6.18 Å². The van der Waals surface area contributed by atoms with Gasteiger partial charge in [-0.3, -0.25) is 0 Å². The highest BCUT2D eigenvalue weighted by Crippen LogP contribution is 2.51. The molecule has 2 rings (SSSR count). The van der Waals surface area contributed by atoms with Gasteiger partial charge in [0.2, 0.25) is 0 Å². The number of ether oxygens (including phenoxy) is 2. The third-order valence-electron chi connectivity index (χ3n) is 2.89. The van der Waals surface area contributed by atoms with Crippen LogP contribution < -0.4 is 0 Å². The summed E-state index contributed by atoms with van der Waals surface area (Å²) in [6.07, 6.45) is -3.23. The van der Waals surface area contributed by atoms with Gasteiger partial charge in [0.25, 0.3) is 0 Å². The van der Waals surface area contributed by atoms with Crippen LogP contribution in [-0.2, 0) is 25.2 Å². The van der Waals surface area contributed by atoms with Gasteiger partial charge in [-0.2, -0.15) is 13.2 Å². The number of esters is 2. The van der Waals surface area contributed by atoms with Crippen LogP contribution in [0.15, 0.2) is 38.3 Å². The third-order valence-corrected chi connectivity index (χ3v) is 5.31. The van der Waals surface area contributed by atoms with E-state index in [1.807, 2.05) is 0 Å². The van der Waals surface area contributed by atoms with E-state index in [1.54, 1.807) is 0 Å². The summed E-state index contributed by atoms with van der Waals surface area (Å²) in [6, 6.07) is 5.04. The Balaban J connectivity index is 2.39. The lowest BCUT2D eigenvalue weighted by Gasteiger charge is -2.10. The fourth-order valence-corrected chi connectivity index (χ4v) is 4.21. The van der Waals surface area contributed by atoms with Crippen LogP contribution >= 0.6 is 23.5 Å². The zero-order chi connectivity index (χ0) is 17.9. The second-order valence-corrected chi connectivity index (χ2v) is 6.76. The number of halogens is 3. The van der Waals surface area contributed by atoms with Gasteiger partial charge in [-0.05, 0) is 17.7 Å². The maximum Gasteiger partial charge on any atom is 0.416 e. The first kappa shape index (κ1) is 18.5. The molecule has 0 fully saturated rings. The quantitative estimate of drug-likeness (QED) is 0.742. The minimum Gasteiger partial charge on any atom is -0.465 e. The fraction of sp³-hybridized carbons (Fsp3) is 0.200. The Hall–Kier alpha value is -1.87. The zero-order valence-electron chi connectivity index (χ0n) is 12.5. The van der Waals surface area contributed by atoms with Gasteiger partial charge in [-0.1, -0.05) is 41.7 Å². The maximum atomic E-state index is 13.0. The first-order valence-corrected chi connectivity index (χ1v) is 8.05. The molecular weight excluding hydrogens is 365 g/mol. The highest BCUT2D eigenvalue weighted by molar-refractivity contribution is 8.29. The van der Waals surface area contributed by atoms with Gasteiger partial charge in [0.15, 0.2) is 0 Å². The zero-order valence-corrected chi connectivity index (χ0v) is 14.1. The molecule has 1 aromatic carbocycles. The van der Waals surface area contributed by atoms with E-state index in [2.05, 4.69) is 9.47 Å². The smallest absolute Gasteiger partial charge is 0.416 e. The molecule has 0 unspecified atom stereocenters. The molecule has 0 amide bonds. The Morgan fingerprint density at radius 2 is 1.50 bits per heavy atom. The molecule has 0 N–H and O–H groups in total. The molecule has 0 atom stereocenters. The van der Waals surface area contributed by atoms with E-state index in [1.165, 1.54) is 24.3 Å². The summed E-state index contributed by atoms with van der Waals surface area (Å²) in [6.45, 7) is 0. The Labute approximate surface area is 144 Å². The average Bonchev–Trinajstić information content (AvgIpc) is 2.96. The van der Waals surface area contributed by atoms with Crippen LogP contribution in [0.25, 0.3) is 6.08 Å². The molecule has 0 spiro atoms. The lowest BCUT2D eigenvalue weighted by Crippen LogP contribution is -2.08. The fourth-order valence-electron chi connectivity index (χ4n) is 1.84. The van der Waals surface area contributed by atoms with Crippen LogP contribution in [0.2, 0.25) is 0 Å². The van der Waals surface area contributed by atoms with E-state index in [-0.39, 0.29) is 15.4 Å². The number of hydrogen-bond donors (Lipinski definition) is 0. The van der Waals surface area contributed by atoms with Crippen molar-refractivity contribution >= 4 is 41.5 Å². The van der Waals surface area contributed by atoms with Crippen molar-refractivity contribution < 1.29 is 32.2 Å². The van der Waals surface area contributed by atoms with Gasteiger partial charge in [-0.15, -0.1) is 0 Å². The second kappa shape index (κ2) is 7.35. The van der Waals surface area contributed by atoms with Crippen molar-refractivity contribution in [1.82, 2.24) is 0 Å². The summed E-state index contributed by atoms with van der Waals surface area (Å²) in [4.78, 5) is 23.5. The van der Waals surface area contributed by atoms with Crippen LogP contribution in [0.3, 0.4) is 0 Å². The normalized spacial score (nSPS) is 14.6. The Morgan fingerprint density at radius 3 is 1.96 bits per heavy atom. The molecule has 0 saturated carbocycles. The highest BCUT2D eigenvalue weighted by Gasteiger charge is 2.35. The number of thioether (sulfide) groups is 2. The summed E-state index contributed by atoms with van der Waals surface area (Å²) < 4.78 is 48.6. The predicted octanol–water partition coefficient (Wildman–Crippen LogP) is 4.04. The van der Waals surface area contributed by atoms with E-state index in [4.69, 9.17) is 0 Å². The monoisotopic (exact) mass is 376 g/mol.